The Bertz CT molecular complexity index is 110. The number of hydrogen-bond donors (Lipinski definition) is 2. The third-order valence-electron chi connectivity index (χ3n) is 1.37. The van der Waals surface area contributed by atoms with Gasteiger partial charge in [-0.1, -0.05) is 63.7 Å². The lowest BCUT2D eigenvalue weighted by molar-refractivity contribution is 0.107. The maximum atomic E-state index is 9.58. The minimum Gasteiger partial charge on any atom is -0.391 e. The van der Waals surface area contributed by atoms with Gasteiger partial charge in [0.25, 0.3) is 0 Å². The first kappa shape index (κ1) is 13.8. The molecule has 4 atom stereocenters. The van der Waals surface area contributed by atoms with E-state index >= 15 is 0 Å². The summed E-state index contributed by atoms with van der Waals surface area (Å²) >= 11 is 12.9. The van der Waals surface area contributed by atoms with Crippen LogP contribution in [0.5, 0.6) is 0 Å². The molecule has 0 unspecified atom stereocenters. The second-order valence-electron chi connectivity index (χ2n) is 2.33. The molecule has 0 aromatic rings. The van der Waals surface area contributed by atoms with Crippen molar-refractivity contribution in [3.8, 4) is 0 Å². The van der Waals surface area contributed by atoms with Crippen molar-refractivity contribution in [2.45, 2.75) is 21.9 Å². The number of halogens is 4. The van der Waals surface area contributed by atoms with E-state index in [1.165, 1.54) is 0 Å². The van der Waals surface area contributed by atoms with Gasteiger partial charge < -0.3 is 10.2 Å². The highest BCUT2D eigenvalue weighted by Crippen LogP contribution is 2.20. The SMILES string of the molecule is O[C@@H]([C@@H](Br)[C@@H](O)CBr)[C@H](Br)CBr. The van der Waals surface area contributed by atoms with Crippen LogP contribution in [0.3, 0.4) is 0 Å². The first-order valence-corrected chi connectivity index (χ1v) is 7.38. The first-order chi connectivity index (χ1) is 5.54. The quantitative estimate of drug-likeness (QED) is 0.651. The normalized spacial score (nSPS) is 21.5. The standard InChI is InChI=1S/C6H10Br4O2/c7-1-3(9)6(12)5(10)4(11)2-8/h3-6,11-12H,1-2H2/t3-,4+,5+,6-/m1/s1. The van der Waals surface area contributed by atoms with Crippen molar-refractivity contribution in [3.05, 3.63) is 0 Å². The molecule has 0 aliphatic rings. The molecule has 0 fully saturated rings. The molecule has 0 aliphatic carbocycles. The second kappa shape index (κ2) is 7.17. The van der Waals surface area contributed by atoms with Crippen molar-refractivity contribution >= 4 is 63.7 Å². The second-order valence-corrected chi connectivity index (χ2v) is 5.86. The Morgan fingerprint density at radius 1 is 1.00 bits per heavy atom. The molecule has 6 heteroatoms. The van der Waals surface area contributed by atoms with Crippen LogP contribution in [-0.2, 0) is 0 Å². The molecule has 0 rings (SSSR count). The van der Waals surface area contributed by atoms with Gasteiger partial charge in [0, 0.05) is 10.7 Å². The van der Waals surface area contributed by atoms with Gasteiger partial charge >= 0.3 is 0 Å². The largest absolute Gasteiger partial charge is 0.391 e. The molecule has 12 heavy (non-hydrogen) atoms. The van der Waals surface area contributed by atoms with E-state index in [1.807, 2.05) is 0 Å². The predicted octanol–water partition coefficient (Wildman–Crippen LogP) is 2.02. The summed E-state index contributed by atoms with van der Waals surface area (Å²) in [7, 11) is 0. The highest BCUT2D eigenvalue weighted by molar-refractivity contribution is 9.12. The van der Waals surface area contributed by atoms with Gasteiger partial charge in [0.05, 0.1) is 21.9 Å². The van der Waals surface area contributed by atoms with Crippen molar-refractivity contribution in [2.24, 2.45) is 0 Å². The number of aliphatic hydroxyl groups excluding tert-OH is 2. The maximum Gasteiger partial charge on any atom is 0.0823 e. The molecule has 0 aromatic carbocycles. The molecule has 0 radical (unpaired) electrons. The number of hydrogen-bond acceptors (Lipinski definition) is 2. The van der Waals surface area contributed by atoms with Crippen molar-refractivity contribution < 1.29 is 10.2 Å². The van der Waals surface area contributed by atoms with Crippen LogP contribution in [0.15, 0.2) is 0 Å². The van der Waals surface area contributed by atoms with Crippen LogP contribution in [0.2, 0.25) is 0 Å². The van der Waals surface area contributed by atoms with Crippen molar-refractivity contribution in [2.75, 3.05) is 10.7 Å². The van der Waals surface area contributed by atoms with E-state index in [9.17, 15) is 10.2 Å². The summed E-state index contributed by atoms with van der Waals surface area (Å²) in [4.78, 5) is -0.380. The van der Waals surface area contributed by atoms with Crippen LogP contribution >= 0.6 is 63.7 Å². The number of rotatable bonds is 5. The average Bonchev–Trinajstić information content (AvgIpc) is 2.12. The minimum absolute atomic E-state index is 0.0597. The Balaban J connectivity index is 3.99. The third kappa shape index (κ3) is 4.37. The van der Waals surface area contributed by atoms with E-state index in [4.69, 9.17) is 0 Å². The van der Waals surface area contributed by atoms with Crippen LogP contribution in [0.1, 0.15) is 0 Å². The van der Waals surface area contributed by atoms with Crippen molar-refractivity contribution in [1.82, 2.24) is 0 Å². The van der Waals surface area contributed by atoms with Crippen LogP contribution in [-0.4, -0.2) is 42.7 Å². The van der Waals surface area contributed by atoms with Gasteiger partial charge in [-0.2, -0.15) is 0 Å². The molecular formula is C6H10Br4O2. The van der Waals surface area contributed by atoms with Gasteiger partial charge in [-0.25, -0.2) is 0 Å². The molecule has 0 amide bonds. The topological polar surface area (TPSA) is 40.5 Å². The molecule has 0 bridgehead atoms. The summed E-state index contributed by atoms with van der Waals surface area (Å²) < 4.78 is 0. The Morgan fingerprint density at radius 2 is 1.50 bits per heavy atom. The lowest BCUT2D eigenvalue weighted by Crippen LogP contribution is -2.39. The van der Waals surface area contributed by atoms with E-state index in [0.717, 1.165) is 0 Å². The van der Waals surface area contributed by atoms with Gasteiger partial charge in [0.15, 0.2) is 0 Å². The van der Waals surface area contributed by atoms with E-state index in [1.54, 1.807) is 0 Å². The van der Waals surface area contributed by atoms with Gasteiger partial charge in [-0.15, -0.1) is 0 Å². The minimum atomic E-state index is -0.614. The van der Waals surface area contributed by atoms with Crippen molar-refractivity contribution in [3.63, 3.8) is 0 Å². The van der Waals surface area contributed by atoms with Gasteiger partial charge in [-0.05, 0) is 0 Å². The van der Waals surface area contributed by atoms with E-state index < -0.39 is 12.2 Å². The zero-order valence-electron chi connectivity index (χ0n) is 6.13. The molecule has 0 saturated carbocycles. The predicted molar refractivity (Wildman–Crippen MR) is 65.0 cm³/mol. The summed E-state index contributed by atoms with van der Waals surface area (Å²) in [5.74, 6) is 0. The molecule has 0 spiro atoms. The summed E-state index contributed by atoms with van der Waals surface area (Å²) in [5.41, 5.74) is 0. The van der Waals surface area contributed by atoms with Gasteiger partial charge in [-0.3, -0.25) is 0 Å². The third-order valence-corrected chi connectivity index (χ3v) is 5.62. The van der Waals surface area contributed by atoms with Crippen LogP contribution < -0.4 is 0 Å². The Labute approximate surface area is 106 Å². The summed E-state index contributed by atoms with van der Waals surface area (Å²) in [6.07, 6.45) is -1.20. The first-order valence-electron chi connectivity index (χ1n) is 3.30. The molecule has 2 N–H and O–H groups in total. The molecule has 0 aromatic heterocycles. The van der Waals surface area contributed by atoms with Gasteiger partial charge in [0.1, 0.15) is 0 Å². The molecular weight excluding hydrogens is 424 g/mol. The highest BCUT2D eigenvalue weighted by atomic mass is 79.9. The molecule has 0 aliphatic heterocycles. The molecule has 74 valence electrons. The lowest BCUT2D eigenvalue weighted by atomic mass is 10.1. The fraction of sp³-hybridized carbons (Fsp3) is 1.00. The monoisotopic (exact) mass is 430 g/mol. The smallest absolute Gasteiger partial charge is 0.0823 e. The Morgan fingerprint density at radius 3 is 1.83 bits per heavy atom. The van der Waals surface area contributed by atoms with E-state index in [2.05, 4.69) is 63.7 Å². The van der Waals surface area contributed by atoms with Crippen LogP contribution in [0.4, 0.5) is 0 Å². The summed E-state index contributed by atoms with van der Waals surface area (Å²) in [6, 6.07) is 0. The number of aliphatic hydroxyl groups is 2. The lowest BCUT2D eigenvalue weighted by Gasteiger charge is -2.23. The Kier molecular flexibility index (Phi) is 8.27. The molecule has 2 nitrogen and oxygen atoms in total. The van der Waals surface area contributed by atoms with Crippen LogP contribution in [0, 0.1) is 0 Å². The molecule has 0 saturated heterocycles. The van der Waals surface area contributed by atoms with E-state index in [0.29, 0.717) is 10.7 Å². The average molecular weight is 434 g/mol. The highest BCUT2D eigenvalue weighted by Gasteiger charge is 2.28. The summed E-state index contributed by atoms with van der Waals surface area (Å²) in [5, 5.41) is 20.0. The molecule has 0 heterocycles. The maximum absolute atomic E-state index is 9.58. The fourth-order valence-electron chi connectivity index (χ4n) is 0.603. The van der Waals surface area contributed by atoms with Gasteiger partial charge in [0.2, 0.25) is 0 Å². The number of alkyl halides is 4. The zero-order chi connectivity index (χ0) is 9.72. The Hall–Kier alpha value is 1.84. The van der Waals surface area contributed by atoms with E-state index in [-0.39, 0.29) is 9.65 Å². The zero-order valence-corrected chi connectivity index (χ0v) is 12.5. The fourth-order valence-corrected chi connectivity index (χ4v) is 3.18. The van der Waals surface area contributed by atoms with Crippen molar-refractivity contribution in [1.29, 1.82) is 0 Å². The van der Waals surface area contributed by atoms with Crippen LogP contribution in [0.25, 0.3) is 0 Å². The summed E-state index contributed by atoms with van der Waals surface area (Å²) in [6.45, 7) is 0.